The van der Waals surface area contributed by atoms with E-state index in [1.165, 1.54) is 12.1 Å². The summed E-state index contributed by atoms with van der Waals surface area (Å²) < 4.78 is 12.8. The van der Waals surface area contributed by atoms with Crippen LogP contribution in [0.25, 0.3) is 11.3 Å². The minimum absolute atomic E-state index is 0.249. The first-order chi connectivity index (χ1) is 8.29. The van der Waals surface area contributed by atoms with Gasteiger partial charge in [0.25, 0.3) is 0 Å². The predicted molar refractivity (Wildman–Crippen MR) is 64.8 cm³/mol. The highest BCUT2D eigenvalue weighted by Crippen LogP contribution is 2.16. The highest BCUT2D eigenvalue weighted by Gasteiger charge is 2.01. The summed E-state index contributed by atoms with van der Waals surface area (Å²) in [5, 5.41) is 8.23. The maximum atomic E-state index is 12.8. The van der Waals surface area contributed by atoms with E-state index < -0.39 is 0 Å². The van der Waals surface area contributed by atoms with Crippen LogP contribution < -0.4 is 5.73 Å². The van der Waals surface area contributed by atoms with Crippen LogP contribution in [-0.2, 0) is 6.42 Å². The third-order valence-electron chi connectivity index (χ3n) is 2.50. The van der Waals surface area contributed by atoms with Gasteiger partial charge in [-0.2, -0.15) is 10.2 Å². The van der Waals surface area contributed by atoms with Gasteiger partial charge in [-0.25, -0.2) is 4.39 Å². The smallest absolute Gasteiger partial charge is 0.123 e. The molecule has 0 fully saturated rings. The van der Waals surface area contributed by atoms with E-state index in [1.54, 1.807) is 12.1 Å². The van der Waals surface area contributed by atoms with Crippen LogP contribution in [-0.4, -0.2) is 16.7 Å². The van der Waals surface area contributed by atoms with E-state index in [0.717, 1.165) is 29.8 Å². The SMILES string of the molecule is NCCCc1ccc(-c2ccc(F)cc2)nn1. The minimum Gasteiger partial charge on any atom is -0.330 e. The van der Waals surface area contributed by atoms with Crippen molar-refractivity contribution >= 4 is 0 Å². The van der Waals surface area contributed by atoms with Gasteiger partial charge < -0.3 is 5.73 Å². The minimum atomic E-state index is -0.249. The molecule has 3 nitrogen and oxygen atoms in total. The molecule has 0 unspecified atom stereocenters. The Morgan fingerprint density at radius 1 is 1.00 bits per heavy atom. The van der Waals surface area contributed by atoms with Crippen LogP contribution in [0.5, 0.6) is 0 Å². The van der Waals surface area contributed by atoms with E-state index >= 15 is 0 Å². The fraction of sp³-hybridized carbons (Fsp3) is 0.231. The molecule has 0 atom stereocenters. The molecule has 1 aromatic carbocycles. The van der Waals surface area contributed by atoms with Crippen molar-refractivity contribution in [3.63, 3.8) is 0 Å². The Morgan fingerprint density at radius 3 is 2.35 bits per heavy atom. The van der Waals surface area contributed by atoms with Crippen LogP contribution in [0.3, 0.4) is 0 Å². The zero-order chi connectivity index (χ0) is 12.1. The summed E-state index contributed by atoms with van der Waals surface area (Å²) in [4.78, 5) is 0. The molecule has 0 amide bonds. The second-order valence-electron chi connectivity index (χ2n) is 3.81. The van der Waals surface area contributed by atoms with Gasteiger partial charge in [-0.15, -0.1) is 0 Å². The summed E-state index contributed by atoms with van der Waals surface area (Å²) >= 11 is 0. The molecule has 4 heteroatoms. The number of nitrogens with two attached hydrogens (primary N) is 1. The summed E-state index contributed by atoms with van der Waals surface area (Å²) in [6.07, 6.45) is 1.75. The Labute approximate surface area is 99.5 Å². The molecule has 2 N–H and O–H groups in total. The molecule has 2 aromatic rings. The molecule has 0 saturated heterocycles. The molecule has 0 aliphatic heterocycles. The van der Waals surface area contributed by atoms with Gasteiger partial charge in [-0.3, -0.25) is 0 Å². The van der Waals surface area contributed by atoms with Crippen LogP contribution in [0.15, 0.2) is 36.4 Å². The van der Waals surface area contributed by atoms with Gasteiger partial charge in [-0.05, 0) is 55.8 Å². The Balaban J connectivity index is 2.14. The fourth-order valence-corrected chi connectivity index (χ4v) is 1.55. The fourth-order valence-electron chi connectivity index (χ4n) is 1.55. The lowest BCUT2D eigenvalue weighted by molar-refractivity contribution is 0.628. The average molecular weight is 231 g/mol. The first-order valence-electron chi connectivity index (χ1n) is 5.58. The first-order valence-corrected chi connectivity index (χ1v) is 5.58. The van der Waals surface area contributed by atoms with Gasteiger partial charge in [0, 0.05) is 5.56 Å². The maximum absolute atomic E-state index is 12.8. The van der Waals surface area contributed by atoms with E-state index in [-0.39, 0.29) is 5.82 Å². The molecule has 0 aliphatic rings. The van der Waals surface area contributed by atoms with Crippen molar-refractivity contribution in [1.82, 2.24) is 10.2 Å². The van der Waals surface area contributed by atoms with E-state index in [2.05, 4.69) is 10.2 Å². The molecule has 1 heterocycles. The zero-order valence-corrected chi connectivity index (χ0v) is 9.44. The van der Waals surface area contributed by atoms with Crippen molar-refractivity contribution in [2.75, 3.05) is 6.54 Å². The maximum Gasteiger partial charge on any atom is 0.123 e. The lowest BCUT2D eigenvalue weighted by Gasteiger charge is -2.01. The third-order valence-corrected chi connectivity index (χ3v) is 2.50. The van der Waals surface area contributed by atoms with Gasteiger partial charge in [0.15, 0.2) is 0 Å². The number of aromatic nitrogens is 2. The van der Waals surface area contributed by atoms with Crippen LogP contribution in [0.1, 0.15) is 12.1 Å². The van der Waals surface area contributed by atoms with Crippen molar-refractivity contribution in [2.45, 2.75) is 12.8 Å². The normalized spacial score (nSPS) is 10.5. The number of benzene rings is 1. The molecule has 17 heavy (non-hydrogen) atoms. The van der Waals surface area contributed by atoms with Crippen LogP contribution >= 0.6 is 0 Å². The standard InChI is InChI=1S/C13H14FN3/c14-11-5-3-10(4-6-11)13-8-7-12(16-17-13)2-1-9-15/h3-8H,1-2,9,15H2. The van der Waals surface area contributed by atoms with E-state index in [4.69, 9.17) is 5.73 Å². The first kappa shape index (κ1) is 11.7. The molecular formula is C13H14FN3. The van der Waals surface area contributed by atoms with Crippen molar-refractivity contribution in [2.24, 2.45) is 5.73 Å². The van der Waals surface area contributed by atoms with Crippen molar-refractivity contribution < 1.29 is 4.39 Å². The lowest BCUT2D eigenvalue weighted by atomic mass is 10.1. The monoisotopic (exact) mass is 231 g/mol. The largest absolute Gasteiger partial charge is 0.330 e. The van der Waals surface area contributed by atoms with Crippen LogP contribution in [0, 0.1) is 5.82 Å². The number of nitrogens with zero attached hydrogens (tertiary/aromatic N) is 2. The van der Waals surface area contributed by atoms with E-state index in [9.17, 15) is 4.39 Å². The van der Waals surface area contributed by atoms with Gasteiger partial charge in [-0.1, -0.05) is 0 Å². The number of hydrogen-bond acceptors (Lipinski definition) is 3. The summed E-state index contributed by atoms with van der Waals surface area (Å²) in [5.41, 5.74) is 7.98. The zero-order valence-electron chi connectivity index (χ0n) is 9.44. The number of aryl methyl sites for hydroxylation is 1. The summed E-state index contributed by atoms with van der Waals surface area (Å²) in [6.45, 7) is 0.654. The van der Waals surface area contributed by atoms with Crippen molar-refractivity contribution in [1.29, 1.82) is 0 Å². The van der Waals surface area contributed by atoms with E-state index in [0.29, 0.717) is 6.54 Å². The molecule has 0 radical (unpaired) electrons. The van der Waals surface area contributed by atoms with Crippen LogP contribution in [0.2, 0.25) is 0 Å². The second kappa shape index (κ2) is 5.50. The summed E-state index contributed by atoms with van der Waals surface area (Å²) in [6, 6.07) is 10.0. The molecule has 0 saturated carbocycles. The van der Waals surface area contributed by atoms with Gasteiger partial charge >= 0.3 is 0 Å². The molecule has 0 aliphatic carbocycles. The van der Waals surface area contributed by atoms with Crippen LogP contribution in [0.4, 0.5) is 4.39 Å². The quantitative estimate of drug-likeness (QED) is 0.877. The third kappa shape index (κ3) is 3.07. The molecular weight excluding hydrogens is 217 g/mol. The Kier molecular flexibility index (Phi) is 3.77. The van der Waals surface area contributed by atoms with Gasteiger partial charge in [0.2, 0.25) is 0 Å². The Morgan fingerprint density at radius 2 is 1.76 bits per heavy atom. The number of hydrogen-bond donors (Lipinski definition) is 1. The lowest BCUT2D eigenvalue weighted by Crippen LogP contribution is -2.02. The summed E-state index contributed by atoms with van der Waals surface area (Å²) in [7, 11) is 0. The van der Waals surface area contributed by atoms with Crippen molar-refractivity contribution in [3.8, 4) is 11.3 Å². The Bertz CT molecular complexity index is 465. The number of rotatable bonds is 4. The highest BCUT2D eigenvalue weighted by molar-refractivity contribution is 5.58. The average Bonchev–Trinajstić information content (AvgIpc) is 2.38. The van der Waals surface area contributed by atoms with Gasteiger partial charge in [0.05, 0.1) is 11.4 Å². The van der Waals surface area contributed by atoms with Gasteiger partial charge in [0.1, 0.15) is 5.82 Å². The topological polar surface area (TPSA) is 51.8 Å². The second-order valence-corrected chi connectivity index (χ2v) is 3.81. The predicted octanol–water partition coefficient (Wildman–Crippen LogP) is 2.17. The molecule has 0 spiro atoms. The molecule has 2 rings (SSSR count). The highest BCUT2D eigenvalue weighted by atomic mass is 19.1. The number of halogens is 1. The molecule has 0 bridgehead atoms. The van der Waals surface area contributed by atoms with E-state index in [1.807, 2.05) is 12.1 Å². The summed E-state index contributed by atoms with van der Waals surface area (Å²) in [5.74, 6) is -0.249. The molecule has 88 valence electrons. The molecule has 1 aromatic heterocycles. The van der Waals surface area contributed by atoms with Crippen molar-refractivity contribution in [3.05, 3.63) is 47.9 Å². The Hall–Kier alpha value is -1.81.